The predicted molar refractivity (Wildman–Crippen MR) is 99.9 cm³/mol. The highest BCUT2D eigenvalue weighted by atomic mass is 16.5. The maximum absolute atomic E-state index is 13.0. The summed E-state index contributed by atoms with van der Waals surface area (Å²) in [5, 5.41) is 0. The Morgan fingerprint density at radius 2 is 2.08 bits per heavy atom. The van der Waals surface area contributed by atoms with Gasteiger partial charge in [0.1, 0.15) is 18.1 Å². The van der Waals surface area contributed by atoms with Gasteiger partial charge in [0, 0.05) is 36.8 Å². The van der Waals surface area contributed by atoms with E-state index in [0.717, 1.165) is 22.4 Å². The molecule has 5 heteroatoms. The number of aryl methyl sites for hydroxylation is 1. The summed E-state index contributed by atoms with van der Waals surface area (Å²) in [6.07, 6.45) is 5.49. The molecular weight excluding hydrogens is 326 g/mol. The van der Waals surface area contributed by atoms with E-state index in [1.165, 1.54) is 0 Å². The molecule has 1 aliphatic heterocycles. The second kappa shape index (κ2) is 6.67. The summed E-state index contributed by atoms with van der Waals surface area (Å²) in [6.45, 7) is 3.03. The van der Waals surface area contributed by atoms with Crippen LogP contribution in [-0.2, 0) is 13.6 Å². The number of pyridine rings is 1. The van der Waals surface area contributed by atoms with Crippen molar-refractivity contribution < 1.29 is 9.53 Å². The third kappa shape index (κ3) is 2.96. The fourth-order valence-electron chi connectivity index (χ4n) is 3.30. The number of ether oxygens (including phenoxy) is 1. The molecule has 0 bridgehead atoms. The van der Waals surface area contributed by atoms with Crippen LogP contribution in [0.2, 0.25) is 0 Å². The third-order valence-corrected chi connectivity index (χ3v) is 4.83. The zero-order chi connectivity index (χ0) is 18.1. The van der Waals surface area contributed by atoms with Crippen molar-refractivity contribution in [3.63, 3.8) is 0 Å². The van der Waals surface area contributed by atoms with Gasteiger partial charge >= 0.3 is 0 Å². The average Bonchev–Trinajstić information content (AvgIpc) is 3.03. The number of hydrogen-bond donors (Lipinski definition) is 0. The van der Waals surface area contributed by atoms with Gasteiger partial charge in [0.15, 0.2) is 0 Å². The minimum absolute atomic E-state index is 0.00774. The molecule has 0 saturated carbocycles. The lowest BCUT2D eigenvalue weighted by atomic mass is 10.0. The van der Waals surface area contributed by atoms with Gasteiger partial charge < -0.3 is 14.2 Å². The highest BCUT2D eigenvalue weighted by Gasteiger charge is 2.27. The molecule has 0 N–H and O–H groups in total. The Kier molecular flexibility index (Phi) is 4.21. The molecule has 0 saturated heterocycles. The molecule has 0 unspecified atom stereocenters. The molecule has 2 aromatic heterocycles. The molecule has 1 aliphatic rings. The average molecular weight is 347 g/mol. The van der Waals surface area contributed by atoms with E-state index in [1.807, 2.05) is 72.2 Å². The molecule has 0 radical (unpaired) electrons. The Labute approximate surface area is 152 Å². The van der Waals surface area contributed by atoms with E-state index in [-0.39, 0.29) is 11.9 Å². The lowest BCUT2D eigenvalue weighted by Crippen LogP contribution is -2.40. The number of rotatable bonds is 2. The topological polar surface area (TPSA) is 47.4 Å². The van der Waals surface area contributed by atoms with Crippen molar-refractivity contribution >= 4 is 5.91 Å². The summed E-state index contributed by atoms with van der Waals surface area (Å²) in [7, 11) is 1.89. The van der Waals surface area contributed by atoms with Gasteiger partial charge in [0.2, 0.25) is 0 Å². The van der Waals surface area contributed by atoms with Crippen LogP contribution < -0.4 is 4.74 Å². The summed E-state index contributed by atoms with van der Waals surface area (Å²) in [6, 6.07) is 13.8. The zero-order valence-electron chi connectivity index (χ0n) is 14.9. The van der Waals surface area contributed by atoms with Gasteiger partial charge in [0.25, 0.3) is 5.91 Å². The SMILES string of the molecule is C[C@H]1COc2ccc(-c3cccnc3)cc2CN1C(=O)c1cccn1C. The van der Waals surface area contributed by atoms with Gasteiger partial charge in [-0.3, -0.25) is 9.78 Å². The van der Waals surface area contributed by atoms with Crippen LogP contribution in [0.15, 0.2) is 61.1 Å². The van der Waals surface area contributed by atoms with E-state index in [2.05, 4.69) is 11.1 Å². The molecule has 0 fully saturated rings. The van der Waals surface area contributed by atoms with Gasteiger partial charge in [-0.2, -0.15) is 0 Å². The van der Waals surface area contributed by atoms with Crippen LogP contribution in [-0.4, -0.2) is 33.0 Å². The van der Waals surface area contributed by atoms with Crippen LogP contribution in [0.25, 0.3) is 11.1 Å². The van der Waals surface area contributed by atoms with Gasteiger partial charge in [-0.15, -0.1) is 0 Å². The number of carbonyl (C=O) groups excluding carboxylic acids is 1. The summed E-state index contributed by atoms with van der Waals surface area (Å²) >= 11 is 0. The zero-order valence-corrected chi connectivity index (χ0v) is 14.9. The Morgan fingerprint density at radius 1 is 1.19 bits per heavy atom. The van der Waals surface area contributed by atoms with Crippen molar-refractivity contribution in [2.24, 2.45) is 7.05 Å². The largest absolute Gasteiger partial charge is 0.491 e. The Morgan fingerprint density at radius 3 is 2.81 bits per heavy atom. The highest BCUT2D eigenvalue weighted by Crippen LogP contribution is 2.30. The molecule has 1 atom stereocenters. The van der Waals surface area contributed by atoms with E-state index < -0.39 is 0 Å². The summed E-state index contributed by atoms with van der Waals surface area (Å²) in [5.41, 5.74) is 3.82. The van der Waals surface area contributed by atoms with Crippen LogP contribution in [0, 0.1) is 0 Å². The lowest BCUT2D eigenvalue weighted by Gasteiger charge is -2.26. The van der Waals surface area contributed by atoms with E-state index >= 15 is 0 Å². The van der Waals surface area contributed by atoms with Gasteiger partial charge in [0.05, 0.1) is 12.6 Å². The fraction of sp³-hybridized carbons (Fsp3) is 0.238. The number of hydrogen-bond acceptors (Lipinski definition) is 3. The highest BCUT2D eigenvalue weighted by molar-refractivity contribution is 5.93. The van der Waals surface area contributed by atoms with Crippen molar-refractivity contribution in [2.45, 2.75) is 19.5 Å². The second-order valence-corrected chi connectivity index (χ2v) is 6.66. The van der Waals surface area contributed by atoms with Crippen molar-refractivity contribution in [3.8, 4) is 16.9 Å². The van der Waals surface area contributed by atoms with E-state index in [4.69, 9.17) is 4.74 Å². The normalized spacial score (nSPS) is 16.5. The first-order valence-electron chi connectivity index (χ1n) is 8.72. The first-order chi connectivity index (χ1) is 12.6. The molecule has 3 aromatic rings. The summed E-state index contributed by atoms with van der Waals surface area (Å²) < 4.78 is 7.82. The third-order valence-electron chi connectivity index (χ3n) is 4.83. The second-order valence-electron chi connectivity index (χ2n) is 6.66. The first kappa shape index (κ1) is 16.4. The molecule has 3 heterocycles. The van der Waals surface area contributed by atoms with Crippen LogP contribution in [0.3, 0.4) is 0 Å². The Bertz CT molecular complexity index is 933. The van der Waals surface area contributed by atoms with Gasteiger partial charge in [-0.1, -0.05) is 12.1 Å². The molecular formula is C21H21N3O2. The van der Waals surface area contributed by atoms with Crippen LogP contribution >= 0.6 is 0 Å². The summed E-state index contributed by atoms with van der Waals surface area (Å²) in [5.74, 6) is 0.861. The van der Waals surface area contributed by atoms with Crippen molar-refractivity contribution in [1.29, 1.82) is 0 Å². The maximum Gasteiger partial charge on any atom is 0.271 e. The van der Waals surface area contributed by atoms with Crippen LogP contribution in [0.1, 0.15) is 23.0 Å². The number of aromatic nitrogens is 2. The maximum atomic E-state index is 13.0. The van der Waals surface area contributed by atoms with Gasteiger partial charge in [-0.05, 0) is 42.8 Å². The standard InChI is InChI=1S/C21H21N3O2/c1-15-14-26-20-8-7-16(17-5-3-9-22-12-17)11-18(20)13-24(15)21(25)19-6-4-10-23(19)2/h3-12,15H,13-14H2,1-2H3/t15-/m0/s1. The minimum Gasteiger partial charge on any atom is -0.491 e. The molecule has 4 rings (SSSR count). The first-order valence-corrected chi connectivity index (χ1v) is 8.72. The van der Waals surface area contributed by atoms with Crippen molar-refractivity contribution in [1.82, 2.24) is 14.5 Å². The molecule has 26 heavy (non-hydrogen) atoms. The van der Waals surface area contributed by atoms with E-state index in [0.29, 0.717) is 18.8 Å². The number of nitrogens with zero attached hydrogens (tertiary/aromatic N) is 3. The Hall–Kier alpha value is -3.08. The minimum atomic E-state index is -0.00774. The number of carbonyl (C=O) groups is 1. The number of benzene rings is 1. The van der Waals surface area contributed by atoms with Crippen LogP contribution in [0.5, 0.6) is 5.75 Å². The number of fused-ring (bicyclic) bond motifs is 1. The van der Waals surface area contributed by atoms with Gasteiger partial charge in [-0.25, -0.2) is 0 Å². The summed E-state index contributed by atoms with van der Waals surface area (Å²) in [4.78, 5) is 19.1. The predicted octanol–water partition coefficient (Wildman–Crippen LogP) is 3.51. The molecule has 0 spiro atoms. The van der Waals surface area contributed by atoms with E-state index in [9.17, 15) is 4.79 Å². The quantitative estimate of drug-likeness (QED) is 0.713. The smallest absolute Gasteiger partial charge is 0.271 e. The molecule has 5 nitrogen and oxygen atoms in total. The van der Waals surface area contributed by atoms with Crippen molar-refractivity contribution in [3.05, 3.63) is 72.3 Å². The Balaban J connectivity index is 1.69. The monoisotopic (exact) mass is 347 g/mol. The number of amides is 1. The lowest BCUT2D eigenvalue weighted by molar-refractivity contribution is 0.0635. The van der Waals surface area contributed by atoms with Crippen LogP contribution in [0.4, 0.5) is 0 Å². The molecule has 1 amide bonds. The molecule has 132 valence electrons. The molecule has 1 aromatic carbocycles. The molecule has 0 aliphatic carbocycles. The van der Waals surface area contributed by atoms with Crippen molar-refractivity contribution in [2.75, 3.05) is 6.61 Å². The fourth-order valence-corrected chi connectivity index (χ4v) is 3.30. The van der Waals surface area contributed by atoms with E-state index in [1.54, 1.807) is 6.20 Å².